The minimum Gasteiger partial charge on any atom is -0.366 e. The Morgan fingerprint density at radius 1 is 1.26 bits per heavy atom. The minimum absolute atomic E-state index is 0.0920. The molecule has 0 aliphatic carbocycles. The zero-order valence-corrected chi connectivity index (χ0v) is 14.5. The molecule has 128 valence electrons. The third-order valence-corrected chi connectivity index (χ3v) is 5.82. The second-order valence-corrected chi connectivity index (χ2v) is 8.51. The molecule has 0 atom stereocenters. The minimum atomic E-state index is -3.70. The van der Waals surface area contributed by atoms with E-state index in [9.17, 15) is 18.5 Å². The van der Waals surface area contributed by atoms with Gasteiger partial charge in [-0.15, -0.1) is 0 Å². The molecule has 1 aliphatic rings. The molecule has 0 unspecified atom stereocenters. The maximum absolute atomic E-state index is 11.9. The van der Waals surface area contributed by atoms with E-state index in [4.69, 9.17) is 0 Å². The van der Waals surface area contributed by atoms with Crippen molar-refractivity contribution in [3.8, 4) is 0 Å². The van der Waals surface area contributed by atoms with Crippen LogP contribution in [0.25, 0.3) is 0 Å². The first kappa shape index (κ1) is 17.7. The summed E-state index contributed by atoms with van der Waals surface area (Å²) >= 11 is 0. The van der Waals surface area contributed by atoms with E-state index >= 15 is 0 Å². The number of benzene rings is 1. The summed E-state index contributed by atoms with van der Waals surface area (Å²) in [7, 11) is -2.42. The van der Waals surface area contributed by atoms with Crippen molar-refractivity contribution in [3.63, 3.8) is 0 Å². The molecule has 0 spiro atoms. The molecule has 23 heavy (non-hydrogen) atoms. The quantitative estimate of drug-likeness (QED) is 0.671. The van der Waals surface area contributed by atoms with Crippen LogP contribution in [0.3, 0.4) is 0 Å². The number of nitro groups is 1. The number of rotatable bonds is 4. The predicted molar refractivity (Wildman–Crippen MR) is 89.2 cm³/mol. The maximum Gasteiger partial charge on any atom is 0.293 e. The average Bonchev–Trinajstić information content (AvgIpc) is 2.67. The van der Waals surface area contributed by atoms with Gasteiger partial charge in [0.1, 0.15) is 5.69 Å². The van der Waals surface area contributed by atoms with Gasteiger partial charge >= 0.3 is 0 Å². The van der Waals surface area contributed by atoms with E-state index in [1.165, 1.54) is 13.1 Å². The van der Waals surface area contributed by atoms with E-state index in [0.717, 1.165) is 38.4 Å². The highest BCUT2D eigenvalue weighted by Gasteiger charge is 2.28. The van der Waals surface area contributed by atoms with E-state index < -0.39 is 14.9 Å². The van der Waals surface area contributed by atoms with Crippen LogP contribution in [0.2, 0.25) is 0 Å². The number of nitrogens with zero attached hydrogens (tertiary/aromatic N) is 2. The van der Waals surface area contributed by atoms with Gasteiger partial charge in [0, 0.05) is 19.2 Å². The average molecular weight is 341 g/mol. The molecule has 0 saturated carbocycles. The van der Waals surface area contributed by atoms with Gasteiger partial charge in [-0.05, 0) is 43.9 Å². The summed E-state index contributed by atoms with van der Waals surface area (Å²) in [5.74, 6) is 0. The lowest BCUT2D eigenvalue weighted by Crippen LogP contribution is -2.26. The van der Waals surface area contributed by atoms with Gasteiger partial charge in [0.2, 0.25) is 10.0 Å². The van der Waals surface area contributed by atoms with Crippen molar-refractivity contribution in [2.45, 2.75) is 38.0 Å². The van der Waals surface area contributed by atoms with Gasteiger partial charge in [0.05, 0.1) is 9.82 Å². The molecule has 1 fully saturated rings. The highest BCUT2D eigenvalue weighted by molar-refractivity contribution is 7.89. The topological polar surface area (TPSA) is 92.6 Å². The van der Waals surface area contributed by atoms with E-state index in [0.29, 0.717) is 5.69 Å². The Bertz CT molecular complexity index is 701. The number of nitro benzene ring substituents is 1. The van der Waals surface area contributed by atoms with Gasteiger partial charge in [-0.1, -0.05) is 13.8 Å². The molecular formula is C15H23N3O4S. The Balaban J connectivity index is 2.41. The Morgan fingerprint density at radius 2 is 1.96 bits per heavy atom. The molecule has 0 bridgehead atoms. The third kappa shape index (κ3) is 4.00. The Morgan fingerprint density at radius 3 is 2.57 bits per heavy atom. The summed E-state index contributed by atoms with van der Waals surface area (Å²) in [6, 6.07) is 4.10. The molecule has 0 aromatic heterocycles. The number of anilines is 1. The molecule has 0 amide bonds. The zero-order valence-electron chi connectivity index (χ0n) is 13.7. The molecule has 1 aromatic carbocycles. The second-order valence-electron chi connectivity index (χ2n) is 6.62. The molecule has 1 heterocycles. The van der Waals surface area contributed by atoms with Gasteiger partial charge in [0.25, 0.3) is 5.69 Å². The summed E-state index contributed by atoms with van der Waals surface area (Å²) in [6.45, 7) is 5.87. The summed E-state index contributed by atoms with van der Waals surface area (Å²) in [6.07, 6.45) is 2.98. The lowest BCUT2D eigenvalue weighted by atomic mass is 9.85. The highest BCUT2D eigenvalue weighted by atomic mass is 32.2. The summed E-state index contributed by atoms with van der Waals surface area (Å²) in [4.78, 5) is 12.8. The van der Waals surface area contributed by atoms with Crippen molar-refractivity contribution in [3.05, 3.63) is 28.3 Å². The molecule has 1 aromatic rings. The van der Waals surface area contributed by atoms with Crippen LogP contribution in [0.1, 0.15) is 33.1 Å². The van der Waals surface area contributed by atoms with Gasteiger partial charge in [-0.25, -0.2) is 13.1 Å². The number of hydrogen-bond donors (Lipinski definition) is 1. The van der Waals surface area contributed by atoms with Crippen LogP contribution in [-0.2, 0) is 10.0 Å². The molecule has 0 radical (unpaired) electrons. The van der Waals surface area contributed by atoms with Gasteiger partial charge < -0.3 is 4.90 Å². The number of nitrogens with one attached hydrogen (secondary N) is 1. The summed E-state index contributed by atoms with van der Waals surface area (Å²) < 4.78 is 25.9. The van der Waals surface area contributed by atoms with Gasteiger partial charge in [-0.2, -0.15) is 0 Å². The molecule has 1 saturated heterocycles. The van der Waals surface area contributed by atoms with E-state index in [-0.39, 0.29) is 16.0 Å². The second kappa shape index (κ2) is 6.45. The van der Waals surface area contributed by atoms with Crippen LogP contribution in [0.4, 0.5) is 11.4 Å². The molecule has 7 nitrogen and oxygen atoms in total. The van der Waals surface area contributed by atoms with E-state index in [1.54, 1.807) is 6.07 Å². The van der Waals surface area contributed by atoms with Crippen molar-refractivity contribution in [2.24, 2.45) is 5.41 Å². The predicted octanol–water partition coefficient (Wildman–Crippen LogP) is 2.52. The van der Waals surface area contributed by atoms with Crippen molar-refractivity contribution in [1.29, 1.82) is 0 Å². The first-order valence-electron chi connectivity index (χ1n) is 7.63. The Kier molecular flexibility index (Phi) is 4.95. The number of hydrogen-bond acceptors (Lipinski definition) is 5. The standard InChI is InChI=1S/C15H23N3O4S/c1-15(2)7-4-9-17(10-8-15)13-6-5-12(23(21,22)16-3)11-14(13)18(19)20/h5-6,11,16H,4,7-10H2,1-3H3. The fourth-order valence-electron chi connectivity index (χ4n) is 2.87. The smallest absolute Gasteiger partial charge is 0.293 e. The lowest BCUT2D eigenvalue weighted by Gasteiger charge is -2.24. The van der Waals surface area contributed by atoms with Crippen molar-refractivity contribution in [1.82, 2.24) is 4.72 Å². The van der Waals surface area contributed by atoms with Crippen molar-refractivity contribution < 1.29 is 13.3 Å². The monoisotopic (exact) mass is 341 g/mol. The largest absolute Gasteiger partial charge is 0.366 e. The van der Waals surface area contributed by atoms with Crippen molar-refractivity contribution >= 4 is 21.4 Å². The summed E-state index contributed by atoms with van der Waals surface area (Å²) in [5, 5.41) is 11.4. The first-order valence-corrected chi connectivity index (χ1v) is 9.11. The summed E-state index contributed by atoms with van der Waals surface area (Å²) in [5.41, 5.74) is 0.544. The Hall–Kier alpha value is -1.67. The SMILES string of the molecule is CNS(=O)(=O)c1ccc(N2CCCC(C)(C)CC2)c([N+](=O)[O-])c1. The van der Waals surface area contributed by atoms with Crippen LogP contribution >= 0.6 is 0 Å². The first-order chi connectivity index (χ1) is 10.7. The molecule has 1 aliphatic heterocycles. The lowest BCUT2D eigenvalue weighted by molar-refractivity contribution is -0.384. The fraction of sp³-hybridized carbons (Fsp3) is 0.600. The fourth-order valence-corrected chi connectivity index (χ4v) is 3.62. The van der Waals surface area contributed by atoms with Crippen LogP contribution in [0, 0.1) is 15.5 Å². The van der Waals surface area contributed by atoms with Crippen molar-refractivity contribution in [2.75, 3.05) is 25.0 Å². The zero-order chi connectivity index (χ0) is 17.3. The normalized spacial score (nSPS) is 18.5. The van der Waals surface area contributed by atoms with Crippen LogP contribution in [-0.4, -0.2) is 33.5 Å². The molecule has 8 heteroatoms. The Labute approximate surface area is 136 Å². The van der Waals surface area contributed by atoms with E-state index in [2.05, 4.69) is 18.6 Å². The van der Waals surface area contributed by atoms with Crippen LogP contribution in [0.5, 0.6) is 0 Å². The van der Waals surface area contributed by atoms with Crippen LogP contribution in [0.15, 0.2) is 23.1 Å². The van der Waals surface area contributed by atoms with Gasteiger partial charge in [0.15, 0.2) is 0 Å². The van der Waals surface area contributed by atoms with Gasteiger partial charge in [-0.3, -0.25) is 10.1 Å². The molecular weight excluding hydrogens is 318 g/mol. The number of sulfonamides is 1. The third-order valence-electron chi connectivity index (χ3n) is 4.40. The molecule has 2 rings (SSSR count). The van der Waals surface area contributed by atoms with E-state index in [1.807, 2.05) is 4.90 Å². The molecule has 1 N–H and O–H groups in total. The maximum atomic E-state index is 11.9. The van der Waals surface area contributed by atoms with Crippen LogP contribution < -0.4 is 9.62 Å². The highest BCUT2D eigenvalue weighted by Crippen LogP contribution is 2.36.